The van der Waals surface area contributed by atoms with Crippen molar-refractivity contribution in [3.63, 3.8) is 0 Å². The molecule has 66 valence electrons. The van der Waals surface area contributed by atoms with Crippen molar-refractivity contribution in [3.05, 3.63) is 17.8 Å². The summed E-state index contributed by atoms with van der Waals surface area (Å²) >= 11 is 0. The van der Waals surface area contributed by atoms with E-state index < -0.39 is 0 Å². The van der Waals surface area contributed by atoms with Crippen LogP contribution in [-0.2, 0) is 0 Å². The highest BCUT2D eigenvalue weighted by Gasteiger charge is 1.97. The first-order valence-electron chi connectivity index (χ1n) is 3.70. The lowest BCUT2D eigenvalue weighted by molar-refractivity contribution is 0.197. The number of anilines is 1. The second-order valence-electron chi connectivity index (χ2n) is 2.45. The Kier molecular flexibility index (Phi) is 2.88. The van der Waals surface area contributed by atoms with Gasteiger partial charge in [-0.05, 0) is 12.5 Å². The first-order valence-corrected chi connectivity index (χ1v) is 3.70. The molecular weight excluding hydrogens is 156 g/mol. The third-order valence-corrected chi connectivity index (χ3v) is 1.46. The maximum atomic E-state index is 8.47. The van der Waals surface area contributed by atoms with Gasteiger partial charge in [0.2, 0.25) is 5.88 Å². The van der Waals surface area contributed by atoms with Crippen LogP contribution in [0.25, 0.3) is 0 Å². The Hall–Kier alpha value is -1.29. The van der Waals surface area contributed by atoms with Gasteiger partial charge in [-0.2, -0.15) is 0 Å². The van der Waals surface area contributed by atoms with Gasteiger partial charge in [-0.3, -0.25) is 0 Å². The van der Waals surface area contributed by atoms with Crippen LogP contribution in [0, 0.1) is 6.92 Å². The summed E-state index contributed by atoms with van der Waals surface area (Å²) in [5.41, 5.74) is 7.18. The van der Waals surface area contributed by atoms with E-state index in [1.54, 1.807) is 12.3 Å². The average molecular weight is 168 g/mol. The summed E-state index contributed by atoms with van der Waals surface area (Å²) in [7, 11) is 0. The number of aliphatic hydroxyl groups is 1. The van der Waals surface area contributed by atoms with Gasteiger partial charge in [0.1, 0.15) is 6.61 Å². The fraction of sp³-hybridized carbons (Fsp3) is 0.375. The van der Waals surface area contributed by atoms with E-state index in [1.807, 2.05) is 6.92 Å². The third kappa shape index (κ3) is 2.10. The van der Waals surface area contributed by atoms with Gasteiger partial charge in [0.15, 0.2) is 0 Å². The molecule has 0 saturated heterocycles. The molecule has 0 unspecified atom stereocenters. The predicted octanol–water partition coefficient (Wildman–Crippen LogP) is 0.343. The average Bonchev–Trinajstić information content (AvgIpc) is 2.07. The number of ether oxygens (including phenoxy) is 1. The lowest BCUT2D eigenvalue weighted by Crippen LogP contribution is -2.03. The minimum absolute atomic E-state index is 0.0184. The number of nitrogens with two attached hydrogens (primary N) is 1. The monoisotopic (exact) mass is 168 g/mol. The molecule has 1 rings (SSSR count). The molecule has 0 aliphatic heterocycles. The number of rotatable bonds is 3. The van der Waals surface area contributed by atoms with Gasteiger partial charge >= 0.3 is 0 Å². The number of hydrogen-bond donors (Lipinski definition) is 2. The van der Waals surface area contributed by atoms with E-state index in [4.69, 9.17) is 15.6 Å². The molecule has 0 amide bonds. The Labute approximate surface area is 71.0 Å². The number of aromatic nitrogens is 1. The van der Waals surface area contributed by atoms with E-state index in [1.165, 1.54) is 0 Å². The van der Waals surface area contributed by atoms with Crippen molar-refractivity contribution < 1.29 is 9.84 Å². The molecule has 0 atom stereocenters. The van der Waals surface area contributed by atoms with E-state index in [0.717, 1.165) is 5.56 Å². The van der Waals surface area contributed by atoms with Crippen molar-refractivity contribution >= 4 is 5.69 Å². The molecule has 1 aromatic rings. The number of aryl methyl sites for hydroxylation is 1. The van der Waals surface area contributed by atoms with Crippen LogP contribution < -0.4 is 10.5 Å². The summed E-state index contributed by atoms with van der Waals surface area (Å²) in [6.45, 7) is 2.10. The van der Waals surface area contributed by atoms with Gasteiger partial charge in [-0.15, -0.1) is 0 Å². The summed E-state index contributed by atoms with van der Waals surface area (Å²) in [5, 5.41) is 8.47. The Morgan fingerprint density at radius 3 is 3.00 bits per heavy atom. The SMILES string of the molecule is Cc1cnc(OCCO)cc1N. The van der Waals surface area contributed by atoms with Crippen molar-refractivity contribution in [3.8, 4) is 5.88 Å². The zero-order chi connectivity index (χ0) is 8.97. The topological polar surface area (TPSA) is 68.4 Å². The minimum atomic E-state index is -0.0184. The molecule has 1 aromatic heterocycles. The predicted molar refractivity (Wildman–Crippen MR) is 46.0 cm³/mol. The molecule has 4 heteroatoms. The van der Waals surface area contributed by atoms with Crippen LogP contribution in [0.15, 0.2) is 12.3 Å². The molecule has 3 N–H and O–H groups in total. The quantitative estimate of drug-likeness (QED) is 0.683. The lowest BCUT2D eigenvalue weighted by atomic mass is 10.3. The number of hydrogen-bond acceptors (Lipinski definition) is 4. The number of nitrogen functional groups attached to an aromatic ring is 1. The molecule has 0 aliphatic rings. The highest BCUT2D eigenvalue weighted by atomic mass is 16.5. The smallest absolute Gasteiger partial charge is 0.215 e. The number of aliphatic hydroxyl groups excluding tert-OH is 1. The van der Waals surface area contributed by atoms with E-state index in [0.29, 0.717) is 11.6 Å². The Bertz CT molecular complexity index is 263. The van der Waals surface area contributed by atoms with Crippen molar-refractivity contribution in [1.29, 1.82) is 0 Å². The fourth-order valence-corrected chi connectivity index (χ4v) is 0.748. The van der Waals surface area contributed by atoms with Gasteiger partial charge in [0.25, 0.3) is 0 Å². The van der Waals surface area contributed by atoms with Crippen LogP contribution in [-0.4, -0.2) is 23.3 Å². The van der Waals surface area contributed by atoms with Crippen LogP contribution in [0.4, 0.5) is 5.69 Å². The number of pyridine rings is 1. The standard InChI is InChI=1S/C8H12N2O2/c1-6-5-10-8(4-7(6)9)12-3-2-11/h4-5,11H,2-3H2,1H3,(H2,9,10). The maximum absolute atomic E-state index is 8.47. The second-order valence-corrected chi connectivity index (χ2v) is 2.45. The summed E-state index contributed by atoms with van der Waals surface area (Å²) in [6, 6.07) is 1.64. The normalized spacial score (nSPS) is 9.83. The molecule has 4 nitrogen and oxygen atoms in total. The molecular formula is C8H12N2O2. The summed E-state index contributed by atoms with van der Waals surface area (Å²) in [6.07, 6.45) is 1.64. The lowest BCUT2D eigenvalue weighted by Gasteiger charge is -2.04. The number of nitrogens with zero attached hydrogens (tertiary/aromatic N) is 1. The molecule has 0 spiro atoms. The van der Waals surface area contributed by atoms with Crippen molar-refractivity contribution in [2.45, 2.75) is 6.92 Å². The first-order chi connectivity index (χ1) is 5.74. The van der Waals surface area contributed by atoms with E-state index in [2.05, 4.69) is 4.98 Å². The highest BCUT2D eigenvalue weighted by Crippen LogP contribution is 2.14. The summed E-state index contributed by atoms with van der Waals surface area (Å²) in [4.78, 5) is 3.96. The van der Waals surface area contributed by atoms with Crippen molar-refractivity contribution in [2.24, 2.45) is 0 Å². The van der Waals surface area contributed by atoms with Crippen LogP contribution in [0.3, 0.4) is 0 Å². The molecule has 0 bridgehead atoms. The van der Waals surface area contributed by atoms with Crippen LogP contribution in [0.1, 0.15) is 5.56 Å². The summed E-state index contributed by atoms with van der Waals surface area (Å²) in [5.74, 6) is 0.451. The van der Waals surface area contributed by atoms with Gasteiger partial charge in [-0.25, -0.2) is 4.98 Å². The Morgan fingerprint density at radius 2 is 2.42 bits per heavy atom. The van der Waals surface area contributed by atoms with Crippen LogP contribution in [0.2, 0.25) is 0 Å². The van der Waals surface area contributed by atoms with Crippen LogP contribution in [0.5, 0.6) is 5.88 Å². The van der Waals surface area contributed by atoms with Crippen molar-refractivity contribution in [2.75, 3.05) is 18.9 Å². The van der Waals surface area contributed by atoms with E-state index in [9.17, 15) is 0 Å². The largest absolute Gasteiger partial charge is 0.475 e. The Morgan fingerprint density at radius 1 is 1.67 bits per heavy atom. The zero-order valence-corrected chi connectivity index (χ0v) is 6.95. The minimum Gasteiger partial charge on any atom is -0.475 e. The highest BCUT2D eigenvalue weighted by molar-refractivity contribution is 5.46. The maximum Gasteiger partial charge on any atom is 0.215 e. The molecule has 1 heterocycles. The van der Waals surface area contributed by atoms with Gasteiger partial charge in [0, 0.05) is 18.0 Å². The molecule has 0 radical (unpaired) electrons. The van der Waals surface area contributed by atoms with Gasteiger partial charge in [0.05, 0.1) is 6.61 Å². The Balaban J connectivity index is 2.69. The molecule has 0 aromatic carbocycles. The molecule has 0 fully saturated rings. The van der Waals surface area contributed by atoms with E-state index >= 15 is 0 Å². The fourth-order valence-electron chi connectivity index (χ4n) is 0.748. The molecule has 12 heavy (non-hydrogen) atoms. The second kappa shape index (κ2) is 3.92. The molecule has 0 aliphatic carbocycles. The molecule has 0 saturated carbocycles. The van der Waals surface area contributed by atoms with Crippen LogP contribution >= 0.6 is 0 Å². The summed E-state index contributed by atoms with van der Waals surface area (Å²) < 4.78 is 5.05. The first kappa shape index (κ1) is 8.80. The van der Waals surface area contributed by atoms with Gasteiger partial charge < -0.3 is 15.6 Å². The van der Waals surface area contributed by atoms with Crippen molar-refractivity contribution in [1.82, 2.24) is 4.98 Å². The van der Waals surface area contributed by atoms with Gasteiger partial charge in [-0.1, -0.05) is 0 Å². The zero-order valence-electron chi connectivity index (χ0n) is 6.95. The van der Waals surface area contributed by atoms with E-state index in [-0.39, 0.29) is 13.2 Å². The third-order valence-electron chi connectivity index (χ3n) is 1.46.